The van der Waals surface area contributed by atoms with Crippen molar-refractivity contribution in [2.45, 2.75) is 45.7 Å². The fourth-order valence-corrected chi connectivity index (χ4v) is 2.14. The van der Waals surface area contributed by atoms with Crippen LogP contribution in [0.4, 0.5) is 0 Å². The molecule has 0 aliphatic rings. The van der Waals surface area contributed by atoms with Crippen molar-refractivity contribution in [3.63, 3.8) is 0 Å². The van der Waals surface area contributed by atoms with Crippen LogP contribution in [0.2, 0.25) is 5.02 Å². The molecule has 2 unspecified atom stereocenters. The van der Waals surface area contributed by atoms with Gasteiger partial charge in [-0.05, 0) is 36.5 Å². The predicted octanol–water partition coefficient (Wildman–Crippen LogP) is 3.28. The second-order valence-corrected chi connectivity index (χ2v) is 5.69. The lowest BCUT2D eigenvalue weighted by molar-refractivity contribution is -0.123. The number of hydrogen-bond acceptors (Lipinski definition) is 2. The Kier molecular flexibility index (Phi) is 6.32. The third-order valence-electron chi connectivity index (χ3n) is 3.06. The number of nitrogens with two attached hydrogens (primary N) is 1. The summed E-state index contributed by atoms with van der Waals surface area (Å²) in [5.41, 5.74) is 6.94. The minimum absolute atomic E-state index is 0.0111. The molecule has 0 radical (unpaired) electrons. The minimum atomic E-state index is -0.443. The summed E-state index contributed by atoms with van der Waals surface area (Å²) < 4.78 is 0. The van der Waals surface area contributed by atoms with Gasteiger partial charge in [0.15, 0.2) is 0 Å². The number of carbonyl (C=O) groups excluding carboxylic acids is 1. The predicted molar refractivity (Wildman–Crippen MR) is 80.1 cm³/mol. The molecule has 0 saturated heterocycles. The third-order valence-corrected chi connectivity index (χ3v) is 3.31. The van der Waals surface area contributed by atoms with Crippen LogP contribution in [-0.4, -0.2) is 11.9 Å². The van der Waals surface area contributed by atoms with Gasteiger partial charge in [0, 0.05) is 5.02 Å². The summed E-state index contributed by atoms with van der Waals surface area (Å²) in [6.45, 7) is 6.15. The zero-order valence-electron chi connectivity index (χ0n) is 11.8. The molecule has 0 bridgehead atoms. The molecule has 106 valence electrons. The zero-order valence-corrected chi connectivity index (χ0v) is 12.6. The first kappa shape index (κ1) is 16.0. The highest BCUT2D eigenvalue weighted by atomic mass is 35.5. The maximum Gasteiger partial charge on any atom is 0.237 e. The maximum atomic E-state index is 12.0. The van der Waals surface area contributed by atoms with Gasteiger partial charge in [-0.3, -0.25) is 4.79 Å². The Labute approximate surface area is 120 Å². The normalized spacial score (nSPS) is 14.2. The number of halogens is 1. The van der Waals surface area contributed by atoms with Crippen LogP contribution in [0.15, 0.2) is 24.3 Å². The standard InChI is InChI=1S/C15H23ClN2O/c1-4-14(11-5-7-12(16)8-6-11)18-15(19)13(17)9-10(2)3/h5-8,10,13-14H,4,9,17H2,1-3H3,(H,18,19). The molecule has 19 heavy (non-hydrogen) atoms. The summed E-state index contributed by atoms with van der Waals surface area (Å²) in [5, 5.41) is 3.70. The van der Waals surface area contributed by atoms with E-state index in [-0.39, 0.29) is 11.9 Å². The van der Waals surface area contributed by atoms with Crippen molar-refractivity contribution in [3.05, 3.63) is 34.9 Å². The molecule has 0 saturated carbocycles. The monoisotopic (exact) mass is 282 g/mol. The Morgan fingerprint density at radius 2 is 1.89 bits per heavy atom. The summed E-state index contributed by atoms with van der Waals surface area (Å²) in [4.78, 5) is 12.0. The quantitative estimate of drug-likeness (QED) is 0.841. The lowest BCUT2D eigenvalue weighted by atomic mass is 10.0. The lowest BCUT2D eigenvalue weighted by Crippen LogP contribution is -2.42. The highest BCUT2D eigenvalue weighted by Gasteiger charge is 2.19. The van der Waals surface area contributed by atoms with Crippen molar-refractivity contribution in [1.29, 1.82) is 0 Å². The van der Waals surface area contributed by atoms with Gasteiger partial charge in [0.25, 0.3) is 0 Å². The van der Waals surface area contributed by atoms with Crippen LogP contribution in [0.5, 0.6) is 0 Å². The molecule has 0 aliphatic heterocycles. The van der Waals surface area contributed by atoms with Crippen LogP contribution in [0, 0.1) is 5.92 Å². The Hall–Kier alpha value is -1.06. The number of hydrogen-bond donors (Lipinski definition) is 2. The Balaban J connectivity index is 2.66. The van der Waals surface area contributed by atoms with Crippen molar-refractivity contribution in [2.75, 3.05) is 0 Å². The van der Waals surface area contributed by atoms with Crippen LogP contribution in [0.25, 0.3) is 0 Å². The van der Waals surface area contributed by atoms with Crippen molar-refractivity contribution in [2.24, 2.45) is 11.7 Å². The lowest BCUT2D eigenvalue weighted by Gasteiger charge is -2.21. The first-order valence-corrected chi connectivity index (χ1v) is 7.13. The van der Waals surface area contributed by atoms with Crippen LogP contribution in [0.3, 0.4) is 0 Å². The second-order valence-electron chi connectivity index (χ2n) is 5.26. The van der Waals surface area contributed by atoms with E-state index in [2.05, 4.69) is 19.2 Å². The third kappa shape index (κ3) is 5.21. The molecule has 4 heteroatoms. The SMILES string of the molecule is CCC(NC(=O)C(N)CC(C)C)c1ccc(Cl)cc1. The van der Waals surface area contributed by atoms with E-state index in [4.69, 9.17) is 17.3 Å². The van der Waals surface area contributed by atoms with Gasteiger partial charge in [0.2, 0.25) is 5.91 Å². The van der Waals surface area contributed by atoms with Gasteiger partial charge in [-0.2, -0.15) is 0 Å². The van der Waals surface area contributed by atoms with Gasteiger partial charge >= 0.3 is 0 Å². The fourth-order valence-electron chi connectivity index (χ4n) is 2.01. The zero-order chi connectivity index (χ0) is 14.4. The molecule has 1 amide bonds. The molecule has 0 spiro atoms. The topological polar surface area (TPSA) is 55.1 Å². The van der Waals surface area contributed by atoms with Gasteiger partial charge in [0.1, 0.15) is 0 Å². The number of nitrogens with one attached hydrogen (secondary N) is 1. The summed E-state index contributed by atoms with van der Waals surface area (Å²) in [6, 6.07) is 7.08. The number of amides is 1. The molecule has 0 fully saturated rings. The summed E-state index contributed by atoms with van der Waals surface area (Å²) in [6.07, 6.45) is 1.52. The van der Waals surface area contributed by atoms with E-state index in [9.17, 15) is 4.79 Å². The largest absolute Gasteiger partial charge is 0.348 e. The molecule has 3 nitrogen and oxygen atoms in total. The van der Waals surface area contributed by atoms with Crippen LogP contribution in [-0.2, 0) is 4.79 Å². The highest BCUT2D eigenvalue weighted by Crippen LogP contribution is 2.19. The van der Waals surface area contributed by atoms with E-state index in [0.717, 1.165) is 12.0 Å². The number of benzene rings is 1. The first-order chi connectivity index (χ1) is 8.93. The van der Waals surface area contributed by atoms with Crippen LogP contribution < -0.4 is 11.1 Å². The molecular formula is C15H23ClN2O. The average molecular weight is 283 g/mol. The van der Waals surface area contributed by atoms with Crippen LogP contribution in [0.1, 0.15) is 45.2 Å². The molecule has 1 aromatic rings. The maximum absolute atomic E-state index is 12.0. The van der Waals surface area contributed by atoms with Crippen molar-refractivity contribution >= 4 is 17.5 Å². The first-order valence-electron chi connectivity index (χ1n) is 6.75. The minimum Gasteiger partial charge on any atom is -0.348 e. The molecule has 0 aliphatic carbocycles. The van der Waals surface area contributed by atoms with Gasteiger partial charge in [-0.1, -0.05) is 44.5 Å². The van der Waals surface area contributed by atoms with E-state index < -0.39 is 6.04 Å². The molecule has 1 aromatic carbocycles. The van der Waals surface area contributed by atoms with Gasteiger partial charge in [0.05, 0.1) is 12.1 Å². The second kappa shape index (κ2) is 7.51. The summed E-state index contributed by atoms with van der Waals surface area (Å²) in [5.74, 6) is 0.326. The Morgan fingerprint density at radius 3 is 2.37 bits per heavy atom. The number of carbonyl (C=O) groups is 1. The van der Waals surface area contributed by atoms with E-state index in [1.54, 1.807) is 0 Å². The molecule has 1 rings (SSSR count). The van der Waals surface area contributed by atoms with Crippen LogP contribution >= 0.6 is 11.6 Å². The van der Waals surface area contributed by atoms with Gasteiger partial charge in [-0.25, -0.2) is 0 Å². The van der Waals surface area contributed by atoms with Gasteiger partial charge < -0.3 is 11.1 Å². The molecule has 0 heterocycles. The average Bonchev–Trinajstić information content (AvgIpc) is 2.36. The fraction of sp³-hybridized carbons (Fsp3) is 0.533. The van der Waals surface area contributed by atoms with E-state index in [0.29, 0.717) is 17.4 Å². The Bertz CT molecular complexity index is 403. The van der Waals surface area contributed by atoms with Crippen molar-refractivity contribution < 1.29 is 4.79 Å². The van der Waals surface area contributed by atoms with E-state index in [1.165, 1.54) is 0 Å². The summed E-state index contributed by atoms with van der Waals surface area (Å²) in [7, 11) is 0. The molecule has 3 N–H and O–H groups in total. The van der Waals surface area contributed by atoms with Crippen molar-refractivity contribution in [3.8, 4) is 0 Å². The Morgan fingerprint density at radius 1 is 1.32 bits per heavy atom. The number of rotatable bonds is 6. The molecule has 0 aromatic heterocycles. The highest BCUT2D eigenvalue weighted by molar-refractivity contribution is 6.30. The van der Waals surface area contributed by atoms with Gasteiger partial charge in [-0.15, -0.1) is 0 Å². The van der Waals surface area contributed by atoms with Crippen molar-refractivity contribution in [1.82, 2.24) is 5.32 Å². The van der Waals surface area contributed by atoms with E-state index in [1.807, 2.05) is 31.2 Å². The molecular weight excluding hydrogens is 260 g/mol. The van der Waals surface area contributed by atoms with E-state index >= 15 is 0 Å². The molecule has 2 atom stereocenters. The smallest absolute Gasteiger partial charge is 0.237 e. The summed E-state index contributed by atoms with van der Waals surface area (Å²) >= 11 is 5.87.